The zero-order valence-electron chi connectivity index (χ0n) is 11.3. The summed E-state index contributed by atoms with van der Waals surface area (Å²) in [7, 11) is 0. The molecule has 1 heterocycles. The van der Waals surface area contributed by atoms with Crippen molar-refractivity contribution >= 4 is 5.91 Å². The third-order valence-corrected chi connectivity index (χ3v) is 2.62. The molecule has 0 radical (unpaired) electrons. The summed E-state index contributed by atoms with van der Waals surface area (Å²) in [5.41, 5.74) is 1.27. The third-order valence-electron chi connectivity index (χ3n) is 2.62. The number of benzene rings is 1. The summed E-state index contributed by atoms with van der Waals surface area (Å²) in [4.78, 5) is 12.2. The number of hydrogen-bond donors (Lipinski definition) is 1. The van der Waals surface area contributed by atoms with Gasteiger partial charge in [0.25, 0.3) is 5.91 Å². The molecule has 4 nitrogen and oxygen atoms in total. The summed E-state index contributed by atoms with van der Waals surface area (Å²) in [6.07, 6.45) is 0. The number of aryl methyl sites for hydroxylation is 1. The van der Waals surface area contributed by atoms with Crippen molar-refractivity contribution < 1.29 is 14.3 Å². The molecule has 4 heteroatoms. The number of amides is 1. The Morgan fingerprint density at radius 1 is 1.17 bits per heavy atom. The molecule has 0 fully saturated rings. The van der Waals surface area contributed by atoms with Gasteiger partial charge in [-0.3, -0.25) is 4.79 Å². The largest absolute Gasteiger partial charge is 0.486 e. The number of rotatable bonds is 1. The average Bonchev–Trinajstić information content (AvgIpc) is 2.25. The van der Waals surface area contributed by atoms with E-state index in [1.807, 2.05) is 33.8 Å². The second-order valence-electron chi connectivity index (χ2n) is 5.51. The van der Waals surface area contributed by atoms with E-state index in [4.69, 9.17) is 9.47 Å². The first-order valence-corrected chi connectivity index (χ1v) is 6.09. The van der Waals surface area contributed by atoms with Crippen LogP contribution in [0.1, 0.15) is 36.7 Å². The van der Waals surface area contributed by atoms with Crippen LogP contribution in [0.3, 0.4) is 0 Å². The quantitative estimate of drug-likeness (QED) is 0.830. The monoisotopic (exact) mass is 249 g/mol. The highest BCUT2D eigenvalue weighted by atomic mass is 16.6. The topological polar surface area (TPSA) is 47.6 Å². The maximum atomic E-state index is 12.2. The molecule has 1 aromatic carbocycles. The van der Waals surface area contributed by atoms with Crippen LogP contribution in [0.5, 0.6) is 11.5 Å². The predicted octanol–water partition coefficient (Wildman–Crippen LogP) is 2.29. The molecule has 98 valence electrons. The standard InChI is InChI=1S/C14H19NO3/c1-9-7-11-12(18-6-5-17-11)8-10(9)13(16)15-14(2,3)4/h7-8H,5-6H2,1-4H3,(H,15,16). The Bertz CT molecular complexity index is 475. The molecule has 1 aromatic rings. The number of carbonyl (C=O) groups excluding carboxylic acids is 1. The van der Waals surface area contributed by atoms with Gasteiger partial charge in [-0.2, -0.15) is 0 Å². The lowest BCUT2D eigenvalue weighted by Gasteiger charge is -2.23. The first-order chi connectivity index (χ1) is 8.37. The summed E-state index contributed by atoms with van der Waals surface area (Å²) in [5.74, 6) is 1.27. The Morgan fingerprint density at radius 2 is 1.72 bits per heavy atom. The second-order valence-corrected chi connectivity index (χ2v) is 5.51. The van der Waals surface area contributed by atoms with Gasteiger partial charge >= 0.3 is 0 Å². The van der Waals surface area contributed by atoms with Gasteiger partial charge in [-0.1, -0.05) is 0 Å². The van der Waals surface area contributed by atoms with Gasteiger partial charge in [-0.05, 0) is 45.4 Å². The molecule has 0 saturated carbocycles. The molecule has 1 N–H and O–H groups in total. The lowest BCUT2D eigenvalue weighted by molar-refractivity contribution is 0.0917. The highest BCUT2D eigenvalue weighted by Crippen LogP contribution is 2.33. The van der Waals surface area contributed by atoms with Crippen molar-refractivity contribution in [3.63, 3.8) is 0 Å². The molecule has 1 amide bonds. The molecule has 0 aromatic heterocycles. The van der Waals surface area contributed by atoms with Crippen molar-refractivity contribution in [1.29, 1.82) is 0 Å². The van der Waals surface area contributed by atoms with Crippen LogP contribution in [0.2, 0.25) is 0 Å². The molecule has 1 aliphatic rings. The number of ether oxygens (including phenoxy) is 2. The SMILES string of the molecule is Cc1cc2c(cc1C(=O)NC(C)(C)C)OCCO2. The van der Waals surface area contributed by atoms with Crippen LogP contribution in [0.15, 0.2) is 12.1 Å². The van der Waals surface area contributed by atoms with Gasteiger partial charge < -0.3 is 14.8 Å². The summed E-state index contributed by atoms with van der Waals surface area (Å²) in [6, 6.07) is 3.61. The van der Waals surface area contributed by atoms with Gasteiger partial charge in [0.2, 0.25) is 0 Å². The molecule has 0 bridgehead atoms. The van der Waals surface area contributed by atoms with Gasteiger partial charge in [0.1, 0.15) is 13.2 Å². The van der Waals surface area contributed by atoms with Crippen LogP contribution in [-0.2, 0) is 0 Å². The minimum absolute atomic E-state index is 0.0861. The normalized spacial score (nSPS) is 14.2. The van der Waals surface area contributed by atoms with E-state index < -0.39 is 0 Å². The first kappa shape index (κ1) is 12.7. The molecule has 0 unspecified atom stereocenters. The number of carbonyl (C=O) groups is 1. The maximum Gasteiger partial charge on any atom is 0.252 e. The summed E-state index contributed by atoms with van der Waals surface area (Å²) < 4.78 is 11.0. The predicted molar refractivity (Wildman–Crippen MR) is 69.4 cm³/mol. The van der Waals surface area contributed by atoms with Crippen molar-refractivity contribution in [2.24, 2.45) is 0 Å². The fourth-order valence-corrected chi connectivity index (χ4v) is 1.84. The van der Waals surface area contributed by atoms with Crippen molar-refractivity contribution in [2.45, 2.75) is 33.2 Å². The van der Waals surface area contributed by atoms with Crippen LogP contribution in [0, 0.1) is 6.92 Å². The van der Waals surface area contributed by atoms with Crippen LogP contribution in [-0.4, -0.2) is 24.7 Å². The number of hydrogen-bond acceptors (Lipinski definition) is 3. The van der Waals surface area contributed by atoms with E-state index >= 15 is 0 Å². The fourth-order valence-electron chi connectivity index (χ4n) is 1.84. The second kappa shape index (κ2) is 4.52. The van der Waals surface area contributed by atoms with Gasteiger partial charge in [0, 0.05) is 11.1 Å². The van der Waals surface area contributed by atoms with E-state index in [1.54, 1.807) is 6.07 Å². The molecule has 0 aliphatic carbocycles. The van der Waals surface area contributed by atoms with Gasteiger partial charge in [0.15, 0.2) is 11.5 Å². The van der Waals surface area contributed by atoms with E-state index in [0.29, 0.717) is 30.3 Å². The zero-order chi connectivity index (χ0) is 13.3. The Hall–Kier alpha value is -1.71. The Balaban J connectivity index is 2.31. The van der Waals surface area contributed by atoms with E-state index in [2.05, 4.69) is 5.32 Å². The number of fused-ring (bicyclic) bond motifs is 1. The van der Waals surface area contributed by atoms with Crippen LogP contribution in [0.4, 0.5) is 0 Å². The van der Waals surface area contributed by atoms with E-state index in [-0.39, 0.29) is 11.4 Å². The molecule has 2 rings (SSSR count). The van der Waals surface area contributed by atoms with Crippen LogP contribution in [0.25, 0.3) is 0 Å². The Kier molecular flexibility index (Phi) is 3.20. The molecule has 0 spiro atoms. The molecular formula is C14H19NO3. The molecular weight excluding hydrogens is 230 g/mol. The van der Waals surface area contributed by atoms with Crippen molar-refractivity contribution in [3.05, 3.63) is 23.3 Å². The van der Waals surface area contributed by atoms with Gasteiger partial charge in [0.05, 0.1) is 0 Å². The van der Waals surface area contributed by atoms with Crippen molar-refractivity contribution in [3.8, 4) is 11.5 Å². The molecule has 18 heavy (non-hydrogen) atoms. The van der Waals surface area contributed by atoms with Crippen LogP contribution < -0.4 is 14.8 Å². The minimum atomic E-state index is -0.253. The first-order valence-electron chi connectivity index (χ1n) is 6.09. The molecule has 0 atom stereocenters. The van der Waals surface area contributed by atoms with Crippen LogP contribution >= 0.6 is 0 Å². The Morgan fingerprint density at radius 3 is 2.28 bits per heavy atom. The lowest BCUT2D eigenvalue weighted by Crippen LogP contribution is -2.40. The van der Waals surface area contributed by atoms with E-state index in [0.717, 1.165) is 5.56 Å². The highest BCUT2D eigenvalue weighted by molar-refractivity contribution is 5.96. The van der Waals surface area contributed by atoms with Gasteiger partial charge in [-0.25, -0.2) is 0 Å². The average molecular weight is 249 g/mol. The van der Waals surface area contributed by atoms with Gasteiger partial charge in [-0.15, -0.1) is 0 Å². The smallest absolute Gasteiger partial charge is 0.252 e. The van der Waals surface area contributed by atoms with Crippen molar-refractivity contribution in [1.82, 2.24) is 5.32 Å². The zero-order valence-corrected chi connectivity index (χ0v) is 11.3. The maximum absolute atomic E-state index is 12.2. The minimum Gasteiger partial charge on any atom is -0.486 e. The number of nitrogens with one attached hydrogen (secondary N) is 1. The van der Waals surface area contributed by atoms with E-state index in [1.165, 1.54) is 0 Å². The fraction of sp³-hybridized carbons (Fsp3) is 0.500. The lowest BCUT2D eigenvalue weighted by atomic mass is 10.0. The van der Waals surface area contributed by atoms with Crippen molar-refractivity contribution in [2.75, 3.05) is 13.2 Å². The summed E-state index contributed by atoms with van der Waals surface area (Å²) in [5, 5.41) is 2.95. The van der Waals surface area contributed by atoms with E-state index in [9.17, 15) is 4.79 Å². The third kappa shape index (κ3) is 2.75. The Labute approximate surface area is 107 Å². The summed E-state index contributed by atoms with van der Waals surface area (Å²) in [6.45, 7) is 8.85. The molecule has 1 aliphatic heterocycles. The summed E-state index contributed by atoms with van der Waals surface area (Å²) >= 11 is 0. The highest BCUT2D eigenvalue weighted by Gasteiger charge is 2.20. The molecule has 0 saturated heterocycles.